The molecule has 2 aromatic carbocycles. The Kier molecular flexibility index (Phi) is 22.4. The van der Waals surface area contributed by atoms with Gasteiger partial charge in [-0.25, -0.2) is 6.92 Å². The Morgan fingerprint density at radius 3 is 1.74 bits per heavy atom. The van der Waals surface area contributed by atoms with Crippen molar-refractivity contribution >= 4 is 21.8 Å². The number of ether oxygens (including phenoxy) is 1. The van der Waals surface area contributed by atoms with Crippen LogP contribution in [0.1, 0.15) is 75.2 Å². The molecule has 0 aliphatic heterocycles. The third kappa shape index (κ3) is 15.9. The summed E-state index contributed by atoms with van der Waals surface area (Å²) in [5.41, 5.74) is 4.37. The number of hydrogen-bond donors (Lipinski definition) is 0. The van der Waals surface area contributed by atoms with Crippen LogP contribution in [0, 0.1) is 51.7 Å². The molecule has 0 saturated heterocycles. The van der Waals surface area contributed by atoms with Gasteiger partial charge in [-0.3, -0.25) is 0 Å². The van der Waals surface area contributed by atoms with E-state index in [0.717, 1.165) is 53.4 Å². The number of fused-ring (bicyclic) bond motifs is 2. The van der Waals surface area contributed by atoms with E-state index in [1.807, 2.05) is 24.3 Å². The summed E-state index contributed by atoms with van der Waals surface area (Å²) in [4.78, 5) is 19.9. The van der Waals surface area contributed by atoms with Gasteiger partial charge < -0.3 is 36.8 Å². The molecule has 5 aromatic rings. The molecule has 2 saturated carbocycles. The van der Waals surface area contributed by atoms with Crippen LogP contribution in [0.4, 0.5) is 0 Å². The summed E-state index contributed by atoms with van der Waals surface area (Å²) in [7, 11) is 0. The van der Waals surface area contributed by atoms with Crippen LogP contribution in [0.2, 0.25) is 0 Å². The minimum absolute atomic E-state index is 0. The Balaban J connectivity index is 0.000000315. The number of aromatic nitrogens is 2. The van der Waals surface area contributed by atoms with E-state index in [0.29, 0.717) is 11.5 Å². The van der Waals surface area contributed by atoms with Crippen molar-refractivity contribution in [3.8, 4) is 5.75 Å². The molecule has 8 heteroatoms. The Morgan fingerprint density at radius 1 is 0.809 bits per heavy atom. The van der Waals surface area contributed by atoms with Crippen molar-refractivity contribution < 1.29 is 95.6 Å². The Bertz CT molecular complexity index is 1570. The zero-order valence-corrected chi connectivity index (χ0v) is 36.4. The first-order valence-electron chi connectivity index (χ1n) is 15.6. The van der Waals surface area contributed by atoms with Crippen LogP contribution in [0.3, 0.4) is 0 Å². The molecule has 47 heavy (non-hydrogen) atoms. The summed E-state index contributed by atoms with van der Waals surface area (Å²) in [6.07, 6.45) is 19.3. The number of nitrogens with zero attached hydrogens (tertiary/aromatic N) is 2. The summed E-state index contributed by atoms with van der Waals surface area (Å²) in [5.74, 6) is 1.67. The van der Waals surface area contributed by atoms with Gasteiger partial charge in [0.1, 0.15) is 11.7 Å². The Morgan fingerprint density at radius 2 is 1.30 bits per heavy atom. The zero-order chi connectivity index (χ0) is 31.1. The van der Waals surface area contributed by atoms with Crippen molar-refractivity contribution in [3.63, 3.8) is 0 Å². The van der Waals surface area contributed by atoms with Crippen LogP contribution in [-0.4, -0.2) is 16.1 Å². The molecule has 3 heterocycles. The number of benzene rings is 2. The molecule has 244 valence electrons. The number of pyridine rings is 2. The average molecular weight is 949 g/mol. The van der Waals surface area contributed by atoms with Crippen LogP contribution in [0.5, 0.6) is 5.75 Å². The van der Waals surface area contributed by atoms with Crippen molar-refractivity contribution in [2.75, 3.05) is 0 Å². The molecular formula is C39H43N2O3WY2-5. The van der Waals surface area contributed by atoms with Gasteiger partial charge in [0, 0.05) is 86.5 Å². The molecule has 3 aromatic heterocycles. The molecule has 0 amide bonds. The predicted octanol–water partition coefficient (Wildman–Crippen LogP) is 9.43. The fourth-order valence-electron chi connectivity index (χ4n) is 5.04. The molecule has 2 aliphatic carbocycles. The van der Waals surface area contributed by atoms with Gasteiger partial charge in [-0.1, -0.05) is 55.4 Å². The van der Waals surface area contributed by atoms with E-state index in [4.69, 9.17) is 9.15 Å². The Hall–Kier alpha value is -1.22. The minimum atomic E-state index is -0.152. The van der Waals surface area contributed by atoms with Gasteiger partial charge in [0.25, 0.3) is 0 Å². The first kappa shape index (κ1) is 43.8. The summed E-state index contributed by atoms with van der Waals surface area (Å²) < 4.78 is 10.6. The topological polar surface area (TPSA) is 65.2 Å². The van der Waals surface area contributed by atoms with Gasteiger partial charge in [-0.05, 0) is 49.4 Å². The van der Waals surface area contributed by atoms with Crippen molar-refractivity contribution in [2.24, 2.45) is 5.92 Å². The van der Waals surface area contributed by atoms with Gasteiger partial charge >= 0.3 is 0 Å². The molecule has 0 bridgehead atoms. The second-order valence-electron chi connectivity index (χ2n) is 11.5. The van der Waals surface area contributed by atoms with Crippen molar-refractivity contribution in [1.29, 1.82) is 0 Å². The second kappa shape index (κ2) is 24.0. The maximum Gasteiger partial charge on any atom is 0.183 e. The fourth-order valence-corrected chi connectivity index (χ4v) is 5.04. The predicted molar refractivity (Wildman–Crippen MR) is 179 cm³/mol. The minimum Gasteiger partial charge on any atom is -0.499 e. The van der Waals surface area contributed by atoms with Crippen LogP contribution in [0.25, 0.3) is 21.8 Å². The zero-order valence-electron chi connectivity index (χ0n) is 27.8. The molecule has 0 unspecified atom stereocenters. The second-order valence-corrected chi connectivity index (χ2v) is 11.5. The van der Waals surface area contributed by atoms with E-state index in [2.05, 4.69) is 86.9 Å². The summed E-state index contributed by atoms with van der Waals surface area (Å²) in [6.45, 7) is 10.0. The van der Waals surface area contributed by atoms with Gasteiger partial charge in [-0.2, -0.15) is 25.7 Å². The quantitative estimate of drug-likeness (QED) is 0.165. The van der Waals surface area contributed by atoms with E-state index >= 15 is 0 Å². The molecule has 0 N–H and O–H groups in total. The molecular weight excluding hydrogens is 906 g/mol. The van der Waals surface area contributed by atoms with Crippen LogP contribution < -0.4 is 10.2 Å². The average Bonchev–Trinajstić information content (AvgIpc) is 3.04. The van der Waals surface area contributed by atoms with E-state index in [9.17, 15) is 4.79 Å². The molecule has 0 atom stereocenters. The van der Waals surface area contributed by atoms with Crippen LogP contribution >= 0.6 is 0 Å². The summed E-state index contributed by atoms with van der Waals surface area (Å²) >= 11 is 0. The number of aryl methyl sites for hydroxylation is 2. The third-order valence-corrected chi connectivity index (χ3v) is 7.62. The van der Waals surface area contributed by atoms with Crippen molar-refractivity contribution in [3.05, 3.63) is 132 Å². The largest absolute Gasteiger partial charge is 0.499 e. The molecule has 5 nitrogen and oxygen atoms in total. The van der Waals surface area contributed by atoms with Gasteiger partial charge in [0.15, 0.2) is 5.75 Å². The van der Waals surface area contributed by atoms with E-state index < -0.39 is 0 Å². The smallest absolute Gasteiger partial charge is 0.183 e. The maximum atomic E-state index is 11.5. The molecule has 2 radical (unpaired) electrons. The van der Waals surface area contributed by atoms with Gasteiger partial charge in [0.05, 0.1) is 6.10 Å². The Labute approximate surface area is 345 Å². The van der Waals surface area contributed by atoms with E-state index in [1.165, 1.54) is 49.1 Å². The standard InChI is InChI=1S/C12H14O3.2C10H8N.C7H13.W.2Y/c1-9-7-11(13)12(8-14-9)15-10-5-3-2-4-6-10;2*1-8-4-5-9-3-2-6-11-10(9)7-8;1-7-5-3-2-4-6-7;;;/h2,7-8,10H,1,3-6H2;2*2,4-7H,1H3;2,7H,3-6H2,1H3;;;/q-2;3*-1;;;. The monoisotopic (exact) mass is 949 g/mol. The first-order chi connectivity index (χ1) is 21.4. The van der Waals surface area contributed by atoms with Crippen molar-refractivity contribution in [1.82, 2.24) is 9.97 Å². The van der Waals surface area contributed by atoms with E-state index in [-0.39, 0.29) is 98.0 Å². The maximum absolute atomic E-state index is 11.5. The third-order valence-electron chi connectivity index (χ3n) is 7.62. The SMILES string of the molecule is CC1CC[CH-]CC1.Cc1ccc2[c-]ccnc2c1.Cc1ccc2[c-]ccnc2c1.[CH2-]c1cc(=O)c(OC2CC[CH-]CC2)co1.[W].[Y].[Y]. The number of hydrogen-bond acceptors (Lipinski definition) is 5. The molecule has 0 spiro atoms. The normalized spacial score (nSPS) is 14.2. The van der Waals surface area contributed by atoms with Crippen LogP contribution in [0.15, 0.2) is 82.5 Å². The summed E-state index contributed by atoms with van der Waals surface area (Å²) in [5, 5.41) is 2.16. The number of rotatable bonds is 2. The molecule has 2 aliphatic rings. The van der Waals surface area contributed by atoms with Crippen LogP contribution in [-0.2, 0) is 86.5 Å². The van der Waals surface area contributed by atoms with Gasteiger partial charge in [0.2, 0.25) is 0 Å². The van der Waals surface area contributed by atoms with Gasteiger partial charge in [-0.15, -0.1) is 65.4 Å². The fraction of sp³-hybridized carbons (Fsp3) is 0.333. The van der Waals surface area contributed by atoms with E-state index in [1.54, 1.807) is 12.4 Å². The molecule has 2 fully saturated rings. The molecule has 7 rings (SSSR count). The summed E-state index contributed by atoms with van der Waals surface area (Å²) in [6, 6.07) is 23.6. The first-order valence-corrected chi connectivity index (χ1v) is 15.6. The van der Waals surface area contributed by atoms with Crippen molar-refractivity contribution in [2.45, 2.75) is 78.2 Å².